The Morgan fingerprint density at radius 1 is 1.17 bits per heavy atom. The van der Waals surface area contributed by atoms with E-state index < -0.39 is 0 Å². The fourth-order valence-corrected chi connectivity index (χ4v) is 3.72. The van der Waals surface area contributed by atoms with Crippen molar-refractivity contribution >= 4 is 45.7 Å². The summed E-state index contributed by atoms with van der Waals surface area (Å²) in [5, 5.41) is 13.1. The zero-order chi connectivity index (χ0) is 20.2. The van der Waals surface area contributed by atoms with Gasteiger partial charge in [-0.05, 0) is 29.7 Å². The number of halogens is 1. The number of nitrogens with zero attached hydrogens (tertiary/aromatic N) is 2. The van der Waals surface area contributed by atoms with Crippen molar-refractivity contribution in [3.8, 4) is 17.1 Å². The maximum absolute atomic E-state index is 12.4. The first kappa shape index (κ1) is 19.3. The number of aromatic nitrogens is 3. The maximum atomic E-state index is 12.4. The number of rotatable bonds is 6. The summed E-state index contributed by atoms with van der Waals surface area (Å²) in [5.41, 5.74) is 1.49. The number of anilines is 1. The highest BCUT2D eigenvalue weighted by atomic mass is 35.5. The Labute approximate surface area is 176 Å². The number of methoxy groups -OCH3 is 1. The molecular formula is C21H17ClN4O2S. The van der Waals surface area contributed by atoms with Crippen molar-refractivity contribution in [1.82, 2.24) is 15.2 Å². The predicted octanol–water partition coefficient (Wildman–Crippen LogP) is 5.02. The molecule has 1 aromatic heterocycles. The third-order valence-electron chi connectivity index (χ3n) is 4.28. The van der Waals surface area contributed by atoms with E-state index in [9.17, 15) is 4.79 Å². The average molecular weight is 425 g/mol. The number of carbonyl (C=O) groups is 1. The van der Waals surface area contributed by atoms with Gasteiger partial charge < -0.3 is 10.1 Å². The number of nitrogens with one attached hydrogen (secondary N) is 2. The summed E-state index contributed by atoms with van der Waals surface area (Å²) in [7, 11) is 1.58. The molecule has 0 aliphatic rings. The largest absolute Gasteiger partial charge is 0.496 e. The average Bonchev–Trinajstić information content (AvgIpc) is 3.21. The highest BCUT2D eigenvalue weighted by molar-refractivity contribution is 7.99. The molecule has 0 aliphatic carbocycles. The lowest BCUT2D eigenvalue weighted by Gasteiger charge is -2.08. The fraction of sp³-hybridized carbons (Fsp3) is 0.0952. The standard InChI is InChI=1S/C21H17ClN4O2S/c1-28-18-10-9-14(22)11-16(18)20-24-21(26-25-20)29-12-19(27)23-17-8-4-6-13-5-2-3-7-15(13)17/h2-11H,12H2,1H3,(H,23,27)(H,24,25,26). The van der Waals surface area contributed by atoms with Crippen molar-refractivity contribution in [3.63, 3.8) is 0 Å². The lowest BCUT2D eigenvalue weighted by molar-refractivity contribution is -0.113. The van der Waals surface area contributed by atoms with Gasteiger partial charge in [0.05, 0.1) is 18.4 Å². The molecule has 29 heavy (non-hydrogen) atoms. The van der Waals surface area contributed by atoms with Crippen LogP contribution in [0.15, 0.2) is 65.8 Å². The van der Waals surface area contributed by atoms with Crippen molar-refractivity contribution in [1.29, 1.82) is 0 Å². The third kappa shape index (κ3) is 4.36. The molecule has 1 heterocycles. The molecule has 0 radical (unpaired) electrons. The molecule has 0 saturated carbocycles. The van der Waals surface area contributed by atoms with E-state index in [0.717, 1.165) is 16.5 Å². The Bertz CT molecular complexity index is 1170. The zero-order valence-electron chi connectivity index (χ0n) is 15.5. The molecule has 0 unspecified atom stereocenters. The summed E-state index contributed by atoms with van der Waals surface area (Å²) in [4.78, 5) is 16.9. The van der Waals surface area contributed by atoms with Gasteiger partial charge in [-0.2, -0.15) is 0 Å². The predicted molar refractivity (Wildman–Crippen MR) is 117 cm³/mol. The van der Waals surface area contributed by atoms with E-state index in [-0.39, 0.29) is 11.7 Å². The van der Waals surface area contributed by atoms with E-state index in [1.807, 2.05) is 42.5 Å². The molecule has 1 amide bonds. The Morgan fingerprint density at radius 2 is 2.00 bits per heavy atom. The normalized spacial score (nSPS) is 10.8. The van der Waals surface area contributed by atoms with Crippen LogP contribution in [0.5, 0.6) is 5.75 Å². The quantitative estimate of drug-likeness (QED) is 0.425. The van der Waals surface area contributed by atoms with Gasteiger partial charge in [-0.3, -0.25) is 9.89 Å². The van der Waals surface area contributed by atoms with Crippen LogP contribution in [0.25, 0.3) is 22.2 Å². The molecule has 0 fully saturated rings. The van der Waals surface area contributed by atoms with Crippen LogP contribution in [-0.2, 0) is 4.79 Å². The molecule has 0 saturated heterocycles. The molecule has 0 aliphatic heterocycles. The molecule has 3 aromatic carbocycles. The van der Waals surface area contributed by atoms with E-state index in [1.54, 1.807) is 25.3 Å². The van der Waals surface area contributed by atoms with Gasteiger partial charge in [-0.15, -0.1) is 5.10 Å². The number of benzene rings is 3. The monoisotopic (exact) mass is 424 g/mol. The van der Waals surface area contributed by atoms with Crippen LogP contribution in [0, 0.1) is 0 Å². The van der Waals surface area contributed by atoms with Crippen LogP contribution >= 0.6 is 23.4 Å². The van der Waals surface area contributed by atoms with Crippen LogP contribution in [0.3, 0.4) is 0 Å². The molecule has 4 rings (SSSR count). The summed E-state index contributed by atoms with van der Waals surface area (Å²) in [6.07, 6.45) is 0. The minimum absolute atomic E-state index is 0.127. The Hall–Kier alpha value is -3.03. The number of carbonyl (C=O) groups excluding carboxylic acids is 1. The Morgan fingerprint density at radius 3 is 2.86 bits per heavy atom. The van der Waals surface area contributed by atoms with Gasteiger partial charge in [0.2, 0.25) is 11.1 Å². The van der Waals surface area contributed by atoms with E-state index in [1.165, 1.54) is 11.8 Å². The molecule has 2 N–H and O–H groups in total. The number of ether oxygens (including phenoxy) is 1. The fourth-order valence-electron chi connectivity index (χ4n) is 2.95. The molecular weight excluding hydrogens is 408 g/mol. The number of hydrogen-bond donors (Lipinski definition) is 2. The highest BCUT2D eigenvalue weighted by Gasteiger charge is 2.13. The van der Waals surface area contributed by atoms with E-state index in [2.05, 4.69) is 20.5 Å². The third-order valence-corrected chi connectivity index (χ3v) is 5.36. The van der Waals surface area contributed by atoms with Gasteiger partial charge in [-0.25, -0.2) is 4.98 Å². The van der Waals surface area contributed by atoms with Crippen molar-refractivity contribution < 1.29 is 9.53 Å². The van der Waals surface area contributed by atoms with Crippen molar-refractivity contribution in [3.05, 3.63) is 65.7 Å². The smallest absolute Gasteiger partial charge is 0.234 e. The second-order valence-corrected chi connectivity index (χ2v) is 7.55. The van der Waals surface area contributed by atoms with Crippen molar-refractivity contribution in [2.75, 3.05) is 18.2 Å². The van der Waals surface area contributed by atoms with Crippen LogP contribution in [0.4, 0.5) is 5.69 Å². The first-order valence-electron chi connectivity index (χ1n) is 8.81. The number of hydrogen-bond acceptors (Lipinski definition) is 5. The maximum Gasteiger partial charge on any atom is 0.234 e. The zero-order valence-corrected chi connectivity index (χ0v) is 17.1. The molecule has 0 bridgehead atoms. The molecule has 8 heteroatoms. The number of aromatic amines is 1. The summed E-state index contributed by atoms with van der Waals surface area (Å²) < 4.78 is 5.35. The first-order chi connectivity index (χ1) is 14.1. The van der Waals surface area contributed by atoms with Crippen LogP contribution in [0.1, 0.15) is 0 Å². The van der Waals surface area contributed by atoms with E-state index in [0.29, 0.717) is 27.3 Å². The SMILES string of the molecule is COc1ccc(Cl)cc1-c1nc(SCC(=O)Nc2cccc3ccccc23)n[nH]1. The molecule has 4 aromatic rings. The summed E-state index contributed by atoms with van der Waals surface area (Å²) in [5.74, 6) is 1.22. The van der Waals surface area contributed by atoms with Gasteiger partial charge in [0.1, 0.15) is 5.75 Å². The van der Waals surface area contributed by atoms with Gasteiger partial charge in [0, 0.05) is 16.1 Å². The molecule has 146 valence electrons. The number of fused-ring (bicyclic) bond motifs is 1. The highest BCUT2D eigenvalue weighted by Crippen LogP contribution is 2.31. The molecule has 6 nitrogen and oxygen atoms in total. The van der Waals surface area contributed by atoms with E-state index in [4.69, 9.17) is 16.3 Å². The van der Waals surface area contributed by atoms with Crippen LogP contribution < -0.4 is 10.1 Å². The van der Waals surface area contributed by atoms with Gasteiger partial charge in [0.25, 0.3) is 0 Å². The van der Waals surface area contributed by atoms with Gasteiger partial charge in [-0.1, -0.05) is 59.8 Å². The molecule has 0 atom stereocenters. The second kappa shape index (κ2) is 8.55. The van der Waals surface area contributed by atoms with Crippen LogP contribution in [-0.4, -0.2) is 34.0 Å². The lowest BCUT2D eigenvalue weighted by atomic mass is 10.1. The minimum Gasteiger partial charge on any atom is -0.496 e. The number of amides is 1. The summed E-state index contributed by atoms with van der Waals surface area (Å²) in [6, 6.07) is 19.0. The number of H-pyrrole nitrogens is 1. The van der Waals surface area contributed by atoms with Crippen molar-refractivity contribution in [2.24, 2.45) is 0 Å². The lowest BCUT2D eigenvalue weighted by Crippen LogP contribution is -2.14. The van der Waals surface area contributed by atoms with Gasteiger partial charge >= 0.3 is 0 Å². The van der Waals surface area contributed by atoms with Crippen molar-refractivity contribution in [2.45, 2.75) is 5.16 Å². The molecule has 0 spiro atoms. The van der Waals surface area contributed by atoms with Crippen LogP contribution in [0.2, 0.25) is 5.02 Å². The van der Waals surface area contributed by atoms with Gasteiger partial charge in [0.15, 0.2) is 5.82 Å². The first-order valence-corrected chi connectivity index (χ1v) is 10.2. The number of thioether (sulfide) groups is 1. The summed E-state index contributed by atoms with van der Waals surface area (Å²) >= 11 is 7.32. The summed E-state index contributed by atoms with van der Waals surface area (Å²) in [6.45, 7) is 0. The minimum atomic E-state index is -0.127. The Kier molecular flexibility index (Phi) is 5.69. The van der Waals surface area contributed by atoms with E-state index >= 15 is 0 Å². The Balaban J connectivity index is 1.44. The second-order valence-electron chi connectivity index (χ2n) is 6.17. The topological polar surface area (TPSA) is 79.9 Å².